The van der Waals surface area contributed by atoms with E-state index in [1.807, 2.05) is 12.1 Å². The van der Waals surface area contributed by atoms with E-state index < -0.39 is 11.9 Å². The number of nitrogens with one attached hydrogen (secondary N) is 1. The van der Waals surface area contributed by atoms with Crippen molar-refractivity contribution in [2.75, 3.05) is 5.32 Å². The van der Waals surface area contributed by atoms with E-state index in [0.717, 1.165) is 0 Å². The molecule has 0 unspecified atom stereocenters. The van der Waals surface area contributed by atoms with Crippen molar-refractivity contribution in [3.8, 4) is 12.1 Å². The number of nitrogens with zero attached hydrogens (tertiary/aromatic N) is 3. The molecule has 0 saturated heterocycles. The molecule has 1 N–H and O–H groups in total. The number of nitriles is 2. The topological polar surface area (TPSA) is 89.6 Å². The van der Waals surface area contributed by atoms with Crippen molar-refractivity contribution in [2.24, 2.45) is 0 Å². The van der Waals surface area contributed by atoms with Crippen LogP contribution in [0.3, 0.4) is 0 Å². The van der Waals surface area contributed by atoms with Crippen molar-refractivity contribution in [1.82, 2.24) is 4.98 Å². The van der Waals surface area contributed by atoms with E-state index in [0.29, 0.717) is 5.69 Å². The lowest BCUT2D eigenvalue weighted by Crippen LogP contribution is -2.14. The van der Waals surface area contributed by atoms with Gasteiger partial charge in [0.05, 0.1) is 16.7 Å². The van der Waals surface area contributed by atoms with Gasteiger partial charge in [-0.25, -0.2) is 4.98 Å². The van der Waals surface area contributed by atoms with Crippen LogP contribution in [0, 0.1) is 28.6 Å². The fourth-order valence-corrected chi connectivity index (χ4v) is 1.57. The van der Waals surface area contributed by atoms with Gasteiger partial charge >= 0.3 is 0 Å². The smallest absolute Gasteiger partial charge is 0.260 e. The Morgan fingerprint density at radius 3 is 2.60 bits per heavy atom. The molecule has 0 aliphatic rings. The maximum atomic E-state index is 13.3. The van der Waals surface area contributed by atoms with Gasteiger partial charge in [-0.05, 0) is 30.3 Å². The van der Waals surface area contributed by atoms with Crippen LogP contribution in [-0.2, 0) is 0 Å². The SMILES string of the molecule is N#Cc1ccc(NC(=O)c2cccnc2F)cc1C#N. The van der Waals surface area contributed by atoms with Crippen LogP contribution in [0.1, 0.15) is 21.5 Å². The summed E-state index contributed by atoms with van der Waals surface area (Å²) in [4.78, 5) is 15.2. The number of carbonyl (C=O) groups excluding carboxylic acids is 1. The molecule has 96 valence electrons. The summed E-state index contributed by atoms with van der Waals surface area (Å²) >= 11 is 0. The number of carbonyl (C=O) groups is 1. The lowest BCUT2D eigenvalue weighted by molar-refractivity contribution is 0.102. The van der Waals surface area contributed by atoms with E-state index in [2.05, 4.69) is 10.3 Å². The highest BCUT2D eigenvalue weighted by atomic mass is 19.1. The average Bonchev–Trinajstić information content (AvgIpc) is 2.47. The van der Waals surface area contributed by atoms with Crippen LogP contribution in [0.25, 0.3) is 0 Å². The summed E-state index contributed by atoms with van der Waals surface area (Å²) in [7, 11) is 0. The molecule has 1 aromatic carbocycles. The van der Waals surface area contributed by atoms with Gasteiger partial charge in [-0.2, -0.15) is 14.9 Å². The molecule has 0 spiro atoms. The van der Waals surface area contributed by atoms with Crippen molar-refractivity contribution >= 4 is 11.6 Å². The third-order valence-electron chi connectivity index (χ3n) is 2.52. The van der Waals surface area contributed by atoms with Crippen molar-refractivity contribution in [2.45, 2.75) is 0 Å². The molecule has 0 bridgehead atoms. The first-order valence-corrected chi connectivity index (χ1v) is 5.52. The number of aromatic nitrogens is 1. The maximum absolute atomic E-state index is 13.3. The molecule has 0 atom stereocenters. The Morgan fingerprint density at radius 1 is 1.20 bits per heavy atom. The Balaban J connectivity index is 2.28. The Hall–Kier alpha value is -3.25. The van der Waals surface area contributed by atoms with Gasteiger partial charge in [-0.15, -0.1) is 0 Å². The largest absolute Gasteiger partial charge is 0.322 e. The van der Waals surface area contributed by atoms with Gasteiger partial charge in [-0.1, -0.05) is 0 Å². The Morgan fingerprint density at radius 2 is 1.95 bits per heavy atom. The van der Waals surface area contributed by atoms with Crippen LogP contribution in [0.4, 0.5) is 10.1 Å². The van der Waals surface area contributed by atoms with Gasteiger partial charge in [0.2, 0.25) is 5.95 Å². The van der Waals surface area contributed by atoms with Crippen LogP contribution >= 0.6 is 0 Å². The Labute approximate surface area is 113 Å². The van der Waals surface area contributed by atoms with E-state index >= 15 is 0 Å². The molecule has 1 amide bonds. The predicted octanol–water partition coefficient (Wildman–Crippen LogP) is 2.22. The second kappa shape index (κ2) is 5.59. The van der Waals surface area contributed by atoms with E-state index in [1.165, 1.54) is 36.5 Å². The molecule has 0 radical (unpaired) electrons. The minimum Gasteiger partial charge on any atom is -0.322 e. The van der Waals surface area contributed by atoms with Gasteiger partial charge in [0.1, 0.15) is 12.1 Å². The minimum absolute atomic E-state index is 0.136. The highest BCUT2D eigenvalue weighted by molar-refractivity contribution is 6.04. The zero-order valence-corrected chi connectivity index (χ0v) is 10.1. The van der Waals surface area contributed by atoms with Gasteiger partial charge in [0.25, 0.3) is 5.91 Å². The zero-order valence-electron chi connectivity index (χ0n) is 10.1. The van der Waals surface area contributed by atoms with Crippen LogP contribution in [-0.4, -0.2) is 10.9 Å². The summed E-state index contributed by atoms with van der Waals surface area (Å²) in [6, 6.07) is 10.7. The fraction of sp³-hybridized carbons (Fsp3) is 0. The first-order chi connectivity index (χ1) is 9.65. The second-order valence-electron chi connectivity index (χ2n) is 3.78. The van der Waals surface area contributed by atoms with Crippen molar-refractivity contribution in [3.05, 3.63) is 59.2 Å². The number of pyridine rings is 1. The summed E-state index contributed by atoms with van der Waals surface area (Å²) in [6.07, 6.45) is 1.24. The lowest BCUT2D eigenvalue weighted by Gasteiger charge is -2.06. The van der Waals surface area contributed by atoms with Crippen LogP contribution in [0.2, 0.25) is 0 Å². The van der Waals surface area contributed by atoms with E-state index in [-0.39, 0.29) is 16.7 Å². The summed E-state index contributed by atoms with van der Waals surface area (Å²) < 4.78 is 13.3. The molecule has 20 heavy (non-hydrogen) atoms. The quantitative estimate of drug-likeness (QED) is 0.844. The van der Waals surface area contributed by atoms with Gasteiger partial charge < -0.3 is 5.32 Å². The Bertz CT molecular complexity index is 758. The summed E-state index contributed by atoms with van der Waals surface area (Å²) in [6.45, 7) is 0. The number of rotatable bonds is 2. The van der Waals surface area contributed by atoms with Gasteiger partial charge in [-0.3, -0.25) is 4.79 Å². The number of anilines is 1. The third kappa shape index (κ3) is 2.60. The first kappa shape index (κ1) is 13.2. The second-order valence-corrected chi connectivity index (χ2v) is 3.78. The molecular weight excluding hydrogens is 259 g/mol. The zero-order chi connectivity index (χ0) is 14.5. The van der Waals surface area contributed by atoms with E-state index in [1.54, 1.807) is 0 Å². The third-order valence-corrected chi connectivity index (χ3v) is 2.52. The van der Waals surface area contributed by atoms with E-state index in [4.69, 9.17) is 10.5 Å². The highest BCUT2D eigenvalue weighted by Crippen LogP contribution is 2.16. The molecule has 0 aliphatic heterocycles. The van der Waals surface area contributed by atoms with Crippen LogP contribution in [0.5, 0.6) is 0 Å². The highest BCUT2D eigenvalue weighted by Gasteiger charge is 2.13. The maximum Gasteiger partial charge on any atom is 0.260 e. The Kier molecular flexibility index (Phi) is 3.69. The molecule has 5 nitrogen and oxygen atoms in total. The van der Waals surface area contributed by atoms with Crippen molar-refractivity contribution in [1.29, 1.82) is 10.5 Å². The van der Waals surface area contributed by atoms with Crippen molar-refractivity contribution < 1.29 is 9.18 Å². The van der Waals surface area contributed by atoms with Crippen LogP contribution in [0.15, 0.2) is 36.5 Å². The summed E-state index contributed by atoms with van der Waals surface area (Å²) in [5.74, 6) is -1.55. The summed E-state index contributed by atoms with van der Waals surface area (Å²) in [5, 5.41) is 20.1. The molecule has 1 aromatic heterocycles. The number of benzene rings is 1. The molecule has 6 heteroatoms. The molecule has 0 saturated carbocycles. The number of hydrogen-bond acceptors (Lipinski definition) is 4. The number of hydrogen-bond donors (Lipinski definition) is 1. The summed E-state index contributed by atoms with van der Waals surface area (Å²) in [5.41, 5.74) is 0.444. The number of halogens is 1. The molecule has 2 aromatic rings. The van der Waals surface area contributed by atoms with Gasteiger partial charge in [0, 0.05) is 11.9 Å². The van der Waals surface area contributed by atoms with E-state index in [9.17, 15) is 9.18 Å². The first-order valence-electron chi connectivity index (χ1n) is 5.52. The number of amides is 1. The molecule has 1 heterocycles. The molecule has 0 aliphatic carbocycles. The normalized spacial score (nSPS) is 9.35. The lowest BCUT2D eigenvalue weighted by atomic mass is 10.1. The fourth-order valence-electron chi connectivity index (χ4n) is 1.57. The molecule has 2 rings (SSSR count). The van der Waals surface area contributed by atoms with Crippen molar-refractivity contribution in [3.63, 3.8) is 0 Å². The monoisotopic (exact) mass is 266 g/mol. The standard InChI is InChI=1S/C14H7FN4O/c15-13-12(2-1-5-18-13)14(20)19-11-4-3-9(7-16)10(6-11)8-17/h1-6H,(H,19,20). The molecule has 0 fully saturated rings. The van der Waals surface area contributed by atoms with Gasteiger partial charge in [0.15, 0.2) is 0 Å². The average molecular weight is 266 g/mol. The molecular formula is C14H7FN4O. The predicted molar refractivity (Wildman–Crippen MR) is 68.0 cm³/mol. The minimum atomic E-state index is -0.876. The van der Waals surface area contributed by atoms with Crippen LogP contribution < -0.4 is 5.32 Å².